The standard InChI is InChI=1S/C21H25ClN4O3S/c1-2-12-26-19-7-6-17(30(23,28)29)14-18(19)25-20(26)8-9-21(27)24-11-10-15-4-3-5-16(22)13-15/h3-7,13-14H,2,8-12H2,1H3,(H,24,27)(H2,23,28,29). The van der Waals surface area contributed by atoms with Gasteiger partial charge in [-0.2, -0.15) is 0 Å². The topological polar surface area (TPSA) is 107 Å². The van der Waals surface area contributed by atoms with Crippen molar-refractivity contribution in [2.45, 2.75) is 44.0 Å². The number of carbonyl (C=O) groups is 1. The molecule has 0 saturated heterocycles. The second-order valence-electron chi connectivity index (χ2n) is 7.11. The fourth-order valence-corrected chi connectivity index (χ4v) is 4.10. The highest BCUT2D eigenvalue weighted by molar-refractivity contribution is 7.89. The van der Waals surface area contributed by atoms with Crippen LogP contribution in [0.5, 0.6) is 0 Å². The van der Waals surface area contributed by atoms with Crippen molar-refractivity contribution >= 4 is 38.6 Å². The quantitative estimate of drug-likeness (QED) is 0.524. The number of fused-ring (bicyclic) bond motifs is 1. The van der Waals surface area contributed by atoms with E-state index in [0.29, 0.717) is 36.3 Å². The van der Waals surface area contributed by atoms with Gasteiger partial charge in [-0.3, -0.25) is 4.79 Å². The number of carbonyl (C=O) groups excluding carboxylic acids is 1. The van der Waals surface area contributed by atoms with E-state index in [1.54, 1.807) is 6.07 Å². The molecular formula is C21H25ClN4O3S. The van der Waals surface area contributed by atoms with Crippen molar-refractivity contribution < 1.29 is 13.2 Å². The molecule has 0 aliphatic rings. The Balaban J connectivity index is 1.65. The molecule has 0 fully saturated rings. The molecule has 7 nitrogen and oxygen atoms in total. The zero-order valence-corrected chi connectivity index (χ0v) is 18.3. The summed E-state index contributed by atoms with van der Waals surface area (Å²) in [6.07, 6.45) is 2.35. The van der Waals surface area contributed by atoms with Gasteiger partial charge in [-0.05, 0) is 48.7 Å². The number of nitrogens with two attached hydrogens (primary N) is 1. The van der Waals surface area contributed by atoms with Crippen LogP contribution < -0.4 is 10.5 Å². The molecule has 3 N–H and O–H groups in total. The normalized spacial score (nSPS) is 11.7. The van der Waals surface area contributed by atoms with Crippen LogP contribution in [0.15, 0.2) is 47.4 Å². The molecule has 3 aromatic rings. The lowest BCUT2D eigenvalue weighted by Crippen LogP contribution is -2.26. The number of hydrogen-bond donors (Lipinski definition) is 2. The van der Waals surface area contributed by atoms with E-state index in [1.165, 1.54) is 12.1 Å². The van der Waals surface area contributed by atoms with Crippen molar-refractivity contribution in [3.05, 3.63) is 58.9 Å². The number of aryl methyl sites for hydroxylation is 2. The van der Waals surface area contributed by atoms with Crippen LogP contribution in [0.2, 0.25) is 5.02 Å². The highest BCUT2D eigenvalue weighted by atomic mass is 35.5. The zero-order chi connectivity index (χ0) is 21.7. The molecule has 0 atom stereocenters. The molecule has 0 saturated carbocycles. The van der Waals surface area contributed by atoms with Gasteiger partial charge in [0.05, 0.1) is 15.9 Å². The number of aromatic nitrogens is 2. The predicted octanol–water partition coefficient (Wildman–Crippen LogP) is 3.04. The summed E-state index contributed by atoms with van der Waals surface area (Å²) in [4.78, 5) is 16.9. The molecule has 0 radical (unpaired) electrons. The van der Waals surface area contributed by atoms with Gasteiger partial charge in [0, 0.05) is 31.0 Å². The maximum absolute atomic E-state index is 12.3. The molecule has 1 aromatic heterocycles. The summed E-state index contributed by atoms with van der Waals surface area (Å²) < 4.78 is 25.3. The highest BCUT2D eigenvalue weighted by Crippen LogP contribution is 2.21. The lowest BCUT2D eigenvalue weighted by Gasteiger charge is -2.09. The number of primary sulfonamides is 1. The summed E-state index contributed by atoms with van der Waals surface area (Å²) >= 11 is 5.98. The van der Waals surface area contributed by atoms with Crippen molar-refractivity contribution in [2.24, 2.45) is 5.14 Å². The first-order chi connectivity index (χ1) is 14.3. The molecule has 0 aliphatic carbocycles. The van der Waals surface area contributed by atoms with Crippen molar-refractivity contribution in [2.75, 3.05) is 6.54 Å². The van der Waals surface area contributed by atoms with E-state index in [9.17, 15) is 13.2 Å². The number of benzene rings is 2. The van der Waals surface area contributed by atoms with Crippen molar-refractivity contribution in [1.29, 1.82) is 0 Å². The van der Waals surface area contributed by atoms with Crippen LogP contribution in [0.3, 0.4) is 0 Å². The Kier molecular flexibility index (Phi) is 7.12. The molecule has 9 heteroatoms. The van der Waals surface area contributed by atoms with Crippen LogP contribution in [-0.4, -0.2) is 30.4 Å². The van der Waals surface area contributed by atoms with Crippen molar-refractivity contribution in [3.8, 4) is 0 Å². The Morgan fingerprint density at radius 2 is 2.00 bits per heavy atom. The Bertz CT molecular complexity index is 1160. The molecule has 0 aliphatic heterocycles. The first-order valence-corrected chi connectivity index (χ1v) is 11.7. The number of rotatable bonds is 9. The van der Waals surface area contributed by atoms with E-state index < -0.39 is 10.0 Å². The number of hydrogen-bond acceptors (Lipinski definition) is 4. The van der Waals surface area contributed by atoms with Crippen molar-refractivity contribution in [3.63, 3.8) is 0 Å². The van der Waals surface area contributed by atoms with Gasteiger partial charge in [-0.1, -0.05) is 30.7 Å². The van der Waals surface area contributed by atoms with Gasteiger partial charge in [-0.15, -0.1) is 0 Å². The summed E-state index contributed by atoms with van der Waals surface area (Å²) in [6.45, 7) is 3.32. The lowest BCUT2D eigenvalue weighted by molar-refractivity contribution is -0.121. The number of amides is 1. The van der Waals surface area contributed by atoms with Crippen LogP contribution in [-0.2, 0) is 34.2 Å². The second kappa shape index (κ2) is 9.59. The van der Waals surface area contributed by atoms with Crippen molar-refractivity contribution in [1.82, 2.24) is 14.9 Å². The van der Waals surface area contributed by atoms with Gasteiger partial charge in [0.1, 0.15) is 5.82 Å². The molecule has 3 rings (SSSR count). The van der Waals surface area contributed by atoms with E-state index in [2.05, 4.69) is 17.2 Å². The number of nitrogens with one attached hydrogen (secondary N) is 1. The Morgan fingerprint density at radius 3 is 2.70 bits per heavy atom. The van der Waals surface area contributed by atoms with E-state index in [0.717, 1.165) is 29.9 Å². The number of sulfonamides is 1. The first kappa shape index (κ1) is 22.3. The van der Waals surface area contributed by atoms with Gasteiger partial charge in [0.15, 0.2) is 0 Å². The van der Waals surface area contributed by atoms with Gasteiger partial charge in [0.2, 0.25) is 15.9 Å². The molecule has 160 valence electrons. The van der Waals surface area contributed by atoms with Crippen LogP contribution in [0.4, 0.5) is 0 Å². The lowest BCUT2D eigenvalue weighted by atomic mass is 10.1. The van der Waals surface area contributed by atoms with Gasteiger partial charge in [-0.25, -0.2) is 18.5 Å². The third kappa shape index (κ3) is 5.59. The monoisotopic (exact) mass is 448 g/mol. The molecule has 0 bridgehead atoms. The van der Waals surface area contributed by atoms with Crippen LogP contribution in [0, 0.1) is 0 Å². The van der Waals surface area contributed by atoms with E-state index in [1.807, 2.05) is 28.8 Å². The maximum atomic E-state index is 12.3. The Labute approximate surface area is 181 Å². The fraction of sp³-hybridized carbons (Fsp3) is 0.333. The number of nitrogens with zero attached hydrogens (tertiary/aromatic N) is 2. The molecule has 0 spiro atoms. The molecule has 30 heavy (non-hydrogen) atoms. The third-order valence-corrected chi connectivity index (χ3v) is 5.92. The summed E-state index contributed by atoms with van der Waals surface area (Å²) in [5.74, 6) is 0.695. The summed E-state index contributed by atoms with van der Waals surface area (Å²) in [5, 5.41) is 8.82. The molecule has 1 heterocycles. The SMILES string of the molecule is CCCn1c(CCC(=O)NCCc2cccc(Cl)c2)nc2cc(S(N)(=O)=O)ccc21. The molecule has 0 unspecified atom stereocenters. The second-order valence-corrected chi connectivity index (χ2v) is 9.10. The van der Waals surface area contributed by atoms with Crippen LogP contribution in [0.25, 0.3) is 11.0 Å². The number of imidazole rings is 1. The van der Waals surface area contributed by atoms with E-state index in [4.69, 9.17) is 16.7 Å². The average molecular weight is 449 g/mol. The average Bonchev–Trinajstić information content (AvgIpc) is 3.03. The minimum atomic E-state index is -3.79. The van der Waals surface area contributed by atoms with E-state index >= 15 is 0 Å². The smallest absolute Gasteiger partial charge is 0.238 e. The zero-order valence-electron chi connectivity index (χ0n) is 16.8. The Hall–Kier alpha value is -2.42. The van der Waals surface area contributed by atoms with Gasteiger partial charge < -0.3 is 9.88 Å². The maximum Gasteiger partial charge on any atom is 0.238 e. The first-order valence-electron chi connectivity index (χ1n) is 9.81. The summed E-state index contributed by atoms with van der Waals surface area (Å²) in [7, 11) is -3.79. The minimum Gasteiger partial charge on any atom is -0.356 e. The largest absolute Gasteiger partial charge is 0.356 e. The van der Waals surface area contributed by atoms with E-state index in [-0.39, 0.29) is 10.8 Å². The summed E-state index contributed by atoms with van der Waals surface area (Å²) in [6, 6.07) is 12.2. The molecular weight excluding hydrogens is 424 g/mol. The fourth-order valence-electron chi connectivity index (χ4n) is 3.35. The highest BCUT2D eigenvalue weighted by Gasteiger charge is 2.15. The van der Waals surface area contributed by atoms with Gasteiger partial charge >= 0.3 is 0 Å². The summed E-state index contributed by atoms with van der Waals surface area (Å²) in [5.41, 5.74) is 2.46. The van der Waals surface area contributed by atoms with Gasteiger partial charge in [0.25, 0.3) is 0 Å². The molecule has 1 amide bonds. The minimum absolute atomic E-state index is 0.0291. The van der Waals surface area contributed by atoms with Crippen LogP contribution >= 0.6 is 11.6 Å². The Morgan fingerprint density at radius 1 is 1.20 bits per heavy atom. The molecule has 2 aromatic carbocycles. The predicted molar refractivity (Wildman–Crippen MR) is 118 cm³/mol. The third-order valence-electron chi connectivity index (χ3n) is 4.78. The van der Waals surface area contributed by atoms with Crippen LogP contribution in [0.1, 0.15) is 31.2 Å². The number of halogens is 1.